The molecule has 16 heteroatoms. The lowest BCUT2D eigenvalue weighted by Crippen LogP contribution is -2.04. The number of rotatable bonds is 6. The van der Waals surface area contributed by atoms with E-state index < -0.39 is 81.2 Å². The number of pyridine rings is 2. The quantitative estimate of drug-likeness (QED) is 0.0554. The molecule has 0 radical (unpaired) electrons. The number of aromatic nitrogens is 2. The van der Waals surface area contributed by atoms with E-state index in [2.05, 4.69) is 9.97 Å². The molecule has 54 heavy (non-hydrogen) atoms. The minimum atomic E-state index is -2.22. The van der Waals surface area contributed by atoms with Gasteiger partial charge in [-0.2, -0.15) is 0 Å². The molecule has 0 atom stereocenters. The number of ether oxygens (including phenoxy) is 2. The SMILES string of the molecule is CC(=O)Oc1cccc2ccc(/C=C/c3c(F)c(F)c(F)c(F)c3F)nc12.CC(=O)Oc1cccc2ccc(/C=C/c3c(F)c(F)c(F)c(F)c3F)nc12. The fourth-order valence-corrected chi connectivity index (χ4v) is 4.80. The summed E-state index contributed by atoms with van der Waals surface area (Å²) in [5.74, 6) is -21.1. The fourth-order valence-electron chi connectivity index (χ4n) is 4.80. The van der Waals surface area contributed by atoms with E-state index in [1.807, 2.05) is 0 Å². The number of hydrogen-bond acceptors (Lipinski definition) is 6. The topological polar surface area (TPSA) is 78.4 Å². The maximum Gasteiger partial charge on any atom is 0.308 e. The van der Waals surface area contributed by atoms with Crippen molar-refractivity contribution in [2.45, 2.75) is 13.8 Å². The van der Waals surface area contributed by atoms with E-state index in [0.717, 1.165) is 24.3 Å². The lowest BCUT2D eigenvalue weighted by molar-refractivity contribution is -0.132. The molecule has 4 aromatic carbocycles. The molecule has 0 aliphatic rings. The van der Waals surface area contributed by atoms with E-state index in [0.29, 0.717) is 21.8 Å². The monoisotopic (exact) mass is 758 g/mol. The summed E-state index contributed by atoms with van der Waals surface area (Å²) in [6, 6.07) is 15.9. The highest BCUT2D eigenvalue weighted by Gasteiger charge is 2.25. The highest BCUT2D eigenvalue weighted by Crippen LogP contribution is 2.29. The number of hydrogen-bond donors (Lipinski definition) is 0. The van der Waals surface area contributed by atoms with Crippen molar-refractivity contribution in [1.29, 1.82) is 0 Å². The van der Waals surface area contributed by atoms with E-state index in [1.165, 1.54) is 38.1 Å². The Kier molecular flexibility index (Phi) is 11.4. The molecule has 0 unspecified atom stereocenters. The summed E-state index contributed by atoms with van der Waals surface area (Å²) in [5.41, 5.74) is -1.25. The van der Waals surface area contributed by atoms with Gasteiger partial charge in [0.25, 0.3) is 0 Å². The third kappa shape index (κ3) is 8.06. The Morgan fingerprint density at radius 1 is 0.444 bits per heavy atom. The molecule has 0 saturated carbocycles. The minimum Gasteiger partial charge on any atom is -0.424 e. The number of fused-ring (bicyclic) bond motifs is 2. The number of carbonyl (C=O) groups is 2. The first kappa shape index (κ1) is 38.6. The van der Waals surface area contributed by atoms with Gasteiger partial charge < -0.3 is 9.47 Å². The van der Waals surface area contributed by atoms with Gasteiger partial charge in [-0.25, -0.2) is 53.9 Å². The molecule has 0 fully saturated rings. The van der Waals surface area contributed by atoms with Crippen molar-refractivity contribution in [1.82, 2.24) is 9.97 Å². The average Bonchev–Trinajstić information content (AvgIpc) is 3.15. The number of esters is 2. The molecule has 276 valence electrons. The van der Waals surface area contributed by atoms with Gasteiger partial charge in [-0.05, 0) is 48.6 Å². The Morgan fingerprint density at radius 3 is 1.07 bits per heavy atom. The van der Waals surface area contributed by atoms with Crippen LogP contribution < -0.4 is 9.47 Å². The summed E-state index contributed by atoms with van der Waals surface area (Å²) in [6.45, 7) is 2.43. The molecule has 6 aromatic rings. The van der Waals surface area contributed by atoms with E-state index in [1.54, 1.807) is 36.4 Å². The van der Waals surface area contributed by atoms with Crippen molar-refractivity contribution in [2.75, 3.05) is 0 Å². The number of benzene rings is 4. The lowest BCUT2D eigenvalue weighted by Gasteiger charge is -2.06. The van der Waals surface area contributed by atoms with Gasteiger partial charge in [0.05, 0.1) is 22.5 Å². The molecule has 0 N–H and O–H groups in total. The van der Waals surface area contributed by atoms with Crippen molar-refractivity contribution in [3.8, 4) is 11.5 Å². The smallest absolute Gasteiger partial charge is 0.308 e. The van der Waals surface area contributed by atoms with Crippen LogP contribution in [0.25, 0.3) is 46.1 Å². The van der Waals surface area contributed by atoms with Crippen LogP contribution >= 0.6 is 0 Å². The van der Waals surface area contributed by atoms with Crippen LogP contribution in [-0.2, 0) is 9.59 Å². The molecule has 0 bridgehead atoms. The van der Waals surface area contributed by atoms with E-state index in [-0.39, 0.29) is 22.9 Å². The standard InChI is InChI=1S/2C19H10F5NO2/c2*1-9(26)27-13-4-2-3-10-5-6-11(25-19(10)13)7-8-12-14(20)16(22)18(24)17(23)15(12)21/h2*2-8H,1H3/b2*8-7+. The summed E-state index contributed by atoms with van der Waals surface area (Å²) >= 11 is 0. The first-order valence-electron chi connectivity index (χ1n) is 15.1. The maximum absolute atomic E-state index is 13.7. The van der Waals surface area contributed by atoms with Crippen LogP contribution in [0.2, 0.25) is 0 Å². The van der Waals surface area contributed by atoms with Gasteiger partial charge in [-0.1, -0.05) is 36.4 Å². The van der Waals surface area contributed by atoms with Crippen LogP contribution in [0.4, 0.5) is 43.9 Å². The Balaban J connectivity index is 0.000000208. The predicted molar refractivity (Wildman–Crippen MR) is 176 cm³/mol. The van der Waals surface area contributed by atoms with Crippen LogP contribution in [0.15, 0.2) is 60.7 Å². The number of nitrogens with zero attached hydrogens (tertiary/aromatic N) is 2. The highest BCUT2D eigenvalue weighted by molar-refractivity contribution is 5.89. The lowest BCUT2D eigenvalue weighted by atomic mass is 10.1. The molecule has 6 nitrogen and oxygen atoms in total. The second kappa shape index (κ2) is 16.0. The third-order valence-corrected chi connectivity index (χ3v) is 7.25. The Morgan fingerprint density at radius 2 is 0.759 bits per heavy atom. The average molecular weight is 759 g/mol. The van der Waals surface area contributed by atoms with Gasteiger partial charge in [-0.3, -0.25) is 9.59 Å². The normalized spacial score (nSPS) is 11.3. The van der Waals surface area contributed by atoms with Gasteiger partial charge in [0.1, 0.15) is 11.0 Å². The summed E-state index contributed by atoms with van der Waals surface area (Å²) in [6.07, 6.45) is 3.64. The van der Waals surface area contributed by atoms with E-state index in [4.69, 9.17) is 9.47 Å². The van der Waals surface area contributed by atoms with Crippen LogP contribution in [0.1, 0.15) is 36.4 Å². The molecular weight excluding hydrogens is 738 g/mol. The Bertz CT molecular complexity index is 2310. The summed E-state index contributed by atoms with van der Waals surface area (Å²) in [4.78, 5) is 30.7. The number of carbonyl (C=O) groups excluding carboxylic acids is 2. The van der Waals surface area contributed by atoms with Crippen molar-refractivity contribution >= 4 is 58.0 Å². The van der Waals surface area contributed by atoms with Crippen LogP contribution in [0.3, 0.4) is 0 Å². The molecule has 0 aliphatic carbocycles. The molecule has 2 heterocycles. The first-order chi connectivity index (χ1) is 25.6. The second-order valence-electron chi connectivity index (χ2n) is 10.9. The van der Waals surface area contributed by atoms with Gasteiger partial charge in [0.15, 0.2) is 58.0 Å². The van der Waals surface area contributed by atoms with Gasteiger partial charge in [-0.15, -0.1) is 0 Å². The Hall–Kier alpha value is -6.58. The predicted octanol–water partition coefficient (Wildman–Crippen LogP) is 10.1. The summed E-state index contributed by atoms with van der Waals surface area (Å²) in [7, 11) is 0. The van der Waals surface area contributed by atoms with Gasteiger partial charge in [0.2, 0.25) is 11.6 Å². The molecule has 0 amide bonds. The van der Waals surface area contributed by atoms with Crippen molar-refractivity contribution in [3.05, 3.63) is 141 Å². The zero-order valence-electron chi connectivity index (χ0n) is 27.4. The van der Waals surface area contributed by atoms with Crippen LogP contribution in [0, 0.1) is 58.2 Å². The molecule has 0 aliphatic heterocycles. The second-order valence-corrected chi connectivity index (χ2v) is 10.9. The fraction of sp³-hybridized carbons (Fsp3) is 0.0526. The van der Waals surface area contributed by atoms with Crippen LogP contribution in [-0.4, -0.2) is 21.9 Å². The summed E-state index contributed by atoms with van der Waals surface area (Å²) < 4.78 is 144. The van der Waals surface area contributed by atoms with Gasteiger partial charge >= 0.3 is 11.9 Å². The van der Waals surface area contributed by atoms with Crippen LogP contribution in [0.5, 0.6) is 11.5 Å². The Labute approximate surface area is 297 Å². The molecule has 0 saturated heterocycles. The maximum atomic E-state index is 13.7. The zero-order valence-corrected chi connectivity index (χ0v) is 27.4. The molecular formula is C38H20F10N2O4. The van der Waals surface area contributed by atoms with Crippen molar-refractivity contribution in [2.24, 2.45) is 0 Å². The minimum absolute atomic E-state index is 0.158. The van der Waals surface area contributed by atoms with E-state index >= 15 is 0 Å². The van der Waals surface area contributed by atoms with Crippen molar-refractivity contribution < 1.29 is 63.0 Å². The summed E-state index contributed by atoms with van der Waals surface area (Å²) in [5, 5.41) is 1.25. The van der Waals surface area contributed by atoms with E-state index in [9.17, 15) is 53.5 Å². The zero-order chi connectivity index (χ0) is 39.4. The molecule has 2 aromatic heterocycles. The molecule has 0 spiro atoms. The highest BCUT2D eigenvalue weighted by atomic mass is 19.2. The first-order valence-corrected chi connectivity index (χ1v) is 15.1. The van der Waals surface area contributed by atoms with Gasteiger partial charge in [0, 0.05) is 24.6 Å². The largest absolute Gasteiger partial charge is 0.424 e. The number of para-hydroxylation sites is 2. The number of halogens is 10. The third-order valence-electron chi connectivity index (χ3n) is 7.25. The molecule has 6 rings (SSSR count). The van der Waals surface area contributed by atoms with Crippen molar-refractivity contribution in [3.63, 3.8) is 0 Å².